The second-order valence-corrected chi connectivity index (χ2v) is 6.75. The summed E-state index contributed by atoms with van der Waals surface area (Å²) in [6.07, 6.45) is 6.80. The largest absolute Gasteiger partial charge is 0.344 e. The fourth-order valence-corrected chi connectivity index (χ4v) is 3.88. The first-order valence-corrected chi connectivity index (χ1v) is 8.96. The van der Waals surface area contributed by atoms with Crippen molar-refractivity contribution >= 4 is 11.6 Å². The highest BCUT2D eigenvalue weighted by Crippen LogP contribution is 2.40. The number of carbonyl (C=O) groups excluding carboxylic acids is 1. The van der Waals surface area contributed by atoms with E-state index >= 15 is 0 Å². The Kier molecular flexibility index (Phi) is 4.10. The van der Waals surface area contributed by atoms with Crippen molar-refractivity contribution in [2.45, 2.75) is 51.1 Å². The van der Waals surface area contributed by atoms with Crippen LogP contribution in [0.5, 0.6) is 0 Å². The highest BCUT2D eigenvalue weighted by Gasteiger charge is 2.39. The van der Waals surface area contributed by atoms with E-state index in [4.69, 9.17) is 0 Å². The van der Waals surface area contributed by atoms with Crippen LogP contribution in [-0.4, -0.2) is 28.5 Å². The molecule has 2 aromatic rings. The maximum atomic E-state index is 13.1. The standard InChI is InChI=1S/C19H24N4O/c1-2-6-14-12-21-18(22-14)17-11-13-7-3-4-9-16(13)23(17)19(24)15-8-5-10-20-15/h3-4,7,9,12,15,17,20H,2,5-6,8,10-11H2,1H3,(H,21,22)/t15-,17+/m1/s1. The van der Waals surface area contributed by atoms with Gasteiger partial charge in [-0.3, -0.25) is 9.69 Å². The number of imidazole rings is 1. The molecule has 0 aliphatic carbocycles. The lowest BCUT2D eigenvalue weighted by Crippen LogP contribution is -2.44. The lowest BCUT2D eigenvalue weighted by molar-refractivity contribution is -0.120. The third-order valence-corrected chi connectivity index (χ3v) is 5.06. The molecule has 1 saturated heterocycles. The molecule has 1 aromatic heterocycles. The average Bonchev–Trinajstić information content (AvgIpc) is 3.33. The summed E-state index contributed by atoms with van der Waals surface area (Å²) in [6.45, 7) is 3.09. The maximum absolute atomic E-state index is 13.1. The molecule has 2 aliphatic heterocycles. The molecule has 3 heterocycles. The van der Waals surface area contributed by atoms with Gasteiger partial charge in [0.15, 0.2) is 0 Å². The molecule has 2 aliphatic rings. The predicted molar refractivity (Wildman–Crippen MR) is 94.0 cm³/mol. The Hall–Kier alpha value is -2.14. The summed E-state index contributed by atoms with van der Waals surface area (Å²) in [4.78, 5) is 23.1. The molecule has 1 amide bonds. The molecular weight excluding hydrogens is 300 g/mol. The molecule has 1 aromatic carbocycles. The summed E-state index contributed by atoms with van der Waals surface area (Å²) in [6, 6.07) is 8.13. The number of anilines is 1. The van der Waals surface area contributed by atoms with Crippen LogP contribution in [0.1, 0.15) is 49.3 Å². The zero-order chi connectivity index (χ0) is 16.5. The average molecular weight is 324 g/mol. The minimum absolute atomic E-state index is 0.0251. The molecule has 0 unspecified atom stereocenters. The first-order valence-electron chi connectivity index (χ1n) is 8.96. The Morgan fingerprint density at radius 2 is 2.25 bits per heavy atom. The van der Waals surface area contributed by atoms with E-state index in [1.807, 2.05) is 23.2 Å². The molecule has 0 bridgehead atoms. The highest BCUT2D eigenvalue weighted by molar-refractivity contribution is 5.99. The molecule has 1 fully saturated rings. The van der Waals surface area contributed by atoms with E-state index in [0.29, 0.717) is 0 Å². The van der Waals surface area contributed by atoms with Crippen molar-refractivity contribution in [1.82, 2.24) is 15.3 Å². The van der Waals surface area contributed by atoms with Crippen LogP contribution in [0.2, 0.25) is 0 Å². The number of amides is 1. The van der Waals surface area contributed by atoms with Crippen LogP contribution in [0.15, 0.2) is 30.5 Å². The SMILES string of the molecule is CCCc1cnc([C@@H]2Cc3ccccc3N2C(=O)[C@H]2CCCN2)[nH]1. The number of nitrogens with one attached hydrogen (secondary N) is 2. The number of aromatic nitrogens is 2. The van der Waals surface area contributed by atoms with Crippen molar-refractivity contribution in [2.24, 2.45) is 0 Å². The summed E-state index contributed by atoms with van der Waals surface area (Å²) < 4.78 is 0. The van der Waals surface area contributed by atoms with Crippen LogP contribution in [0.4, 0.5) is 5.69 Å². The van der Waals surface area contributed by atoms with Gasteiger partial charge >= 0.3 is 0 Å². The van der Waals surface area contributed by atoms with Gasteiger partial charge in [-0.1, -0.05) is 31.5 Å². The molecule has 126 valence electrons. The molecule has 24 heavy (non-hydrogen) atoms. The first-order chi connectivity index (χ1) is 11.8. The zero-order valence-electron chi connectivity index (χ0n) is 14.1. The van der Waals surface area contributed by atoms with Gasteiger partial charge in [0, 0.05) is 24.0 Å². The number of nitrogens with zero attached hydrogens (tertiary/aromatic N) is 2. The molecule has 2 N–H and O–H groups in total. The normalized spacial score (nSPS) is 22.8. The van der Waals surface area contributed by atoms with Crippen molar-refractivity contribution in [3.8, 4) is 0 Å². The Balaban J connectivity index is 1.68. The van der Waals surface area contributed by atoms with Gasteiger partial charge in [-0.15, -0.1) is 0 Å². The molecule has 0 spiro atoms. The van der Waals surface area contributed by atoms with Crippen LogP contribution in [-0.2, 0) is 17.6 Å². The number of hydrogen-bond acceptors (Lipinski definition) is 3. The number of benzene rings is 1. The monoisotopic (exact) mass is 324 g/mol. The summed E-state index contributed by atoms with van der Waals surface area (Å²) >= 11 is 0. The van der Waals surface area contributed by atoms with Gasteiger partial charge in [0.25, 0.3) is 0 Å². The third-order valence-electron chi connectivity index (χ3n) is 5.06. The molecule has 0 radical (unpaired) electrons. The van der Waals surface area contributed by atoms with Crippen molar-refractivity contribution in [2.75, 3.05) is 11.4 Å². The Bertz CT molecular complexity index is 732. The lowest BCUT2D eigenvalue weighted by Gasteiger charge is -2.27. The van der Waals surface area contributed by atoms with Crippen molar-refractivity contribution in [3.63, 3.8) is 0 Å². The van der Waals surface area contributed by atoms with Crippen LogP contribution in [0.25, 0.3) is 0 Å². The smallest absolute Gasteiger partial charge is 0.244 e. The van der Waals surface area contributed by atoms with Crippen LogP contribution in [0, 0.1) is 0 Å². The summed E-state index contributed by atoms with van der Waals surface area (Å²) in [7, 11) is 0. The minimum Gasteiger partial charge on any atom is -0.344 e. The quantitative estimate of drug-likeness (QED) is 0.909. The van der Waals surface area contributed by atoms with Crippen molar-refractivity contribution in [1.29, 1.82) is 0 Å². The molecule has 0 saturated carbocycles. The van der Waals surface area contributed by atoms with Gasteiger partial charge < -0.3 is 10.3 Å². The van der Waals surface area contributed by atoms with Crippen LogP contribution in [0.3, 0.4) is 0 Å². The number of para-hydroxylation sites is 1. The number of aromatic amines is 1. The first kappa shape index (κ1) is 15.4. The summed E-state index contributed by atoms with van der Waals surface area (Å²) in [5.41, 5.74) is 3.41. The van der Waals surface area contributed by atoms with Gasteiger partial charge in [-0.05, 0) is 37.4 Å². The maximum Gasteiger partial charge on any atom is 0.244 e. The number of H-pyrrole nitrogens is 1. The van der Waals surface area contributed by atoms with E-state index in [9.17, 15) is 4.79 Å². The molecule has 2 atom stereocenters. The number of carbonyl (C=O) groups is 1. The third kappa shape index (κ3) is 2.63. The number of fused-ring (bicyclic) bond motifs is 1. The van der Waals surface area contributed by atoms with Gasteiger partial charge in [-0.2, -0.15) is 0 Å². The molecule has 4 rings (SSSR count). The number of hydrogen-bond donors (Lipinski definition) is 2. The molecule has 5 nitrogen and oxygen atoms in total. The number of aryl methyl sites for hydroxylation is 1. The van der Waals surface area contributed by atoms with E-state index in [-0.39, 0.29) is 18.0 Å². The van der Waals surface area contributed by atoms with Crippen molar-refractivity contribution in [3.05, 3.63) is 47.5 Å². The van der Waals surface area contributed by atoms with E-state index in [0.717, 1.165) is 55.9 Å². The zero-order valence-corrected chi connectivity index (χ0v) is 14.1. The lowest BCUT2D eigenvalue weighted by atomic mass is 10.1. The predicted octanol–water partition coefficient (Wildman–Crippen LogP) is 2.74. The molecular formula is C19H24N4O. The van der Waals surface area contributed by atoms with E-state index in [1.54, 1.807) is 0 Å². The second kappa shape index (κ2) is 6.40. The number of rotatable bonds is 4. The van der Waals surface area contributed by atoms with E-state index in [2.05, 4.69) is 34.3 Å². The molecule has 5 heteroatoms. The Morgan fingerprint density at radius 1 is 1.38 bits per heavy atom. The van der Waals surface area contributed by atoms with Gasteiger partial charge in [0.1, 0.15) is 5.82 Å². The van der Waals surface area contributed by atoms with Crippen LogP contribution >= 0.6 is 0 Å². The fraction of sp³-hybridized carbons (Fsp3) is 0.474. The van der Waals surface area contributed by atoms with Gasteiger partial charge in [0.05, 0.1) is 12.1 Å². The van der Waals surface area contributed by atoms with E-state index < -0.39 is 0 Å². The fourth-order valence-electron chi connectivity index (χ4n) is 3.88. The van der Waals surface area contributed by atoms with Gasteiger partial charge in [-0.25, -0.2) is 4.98 Å². The summed E-state index contributed by atoms with van der Waals surface area (Å²) in [5.74, 6) is 1.08. The minimum atomic E-state index is -0.0660. The second-order valence-electron chi connectivity index (χ2n) is 6.75. The topological polar surface area (TPSA) is 61.0 Å². The van der Waals surface area contributed by atoms with Crippen LogP contribution < -0.4 is 10.2 Å². The van der Waals surface area contributed by atoms with Crippen molar-refractivity contribution < 1.29 is 4.79 Å². The van der Waals surface area contributed by atoms with Gasteiger partial charge in [0.2, 0.25) is 5.91 Å². The Morgan fingerprint density at radius 3 is 3.04 bits per heavy atom. The van der Waals surface area contributed by atoms with E-state index in [1.165, 1.54) is 5.56 Å². The highest BCUT2D eigenvalue weighted by atomic mass is 16.2. The summed E-state index contributed by atoms with van der Waals surface area (Å²) in [5, 5.41) is 3.34. The Labute approximate surface area is 142 Å².